The molecule has 1 aromatic carbocycles. The van der Waals surface area contributed by atoms with Crippen molar-refractivity contribution in [2.24, 2.45) is 0 Å². The Morgan fingerprint density at radius 1 is 1.40 bits per heavy atom. The third kappa shape index (κ3) is 1.96. The SMILES string of the molecule is O=[N+]([O-])c1ccccc1-c1nc(I)no1. The van der Waals surface area contributed by atoms with Gasteiger partial charge in [0.2, 0.25) is 3.83 Å². The van der Waals surface area contributed by atoms with E-state index >= 15 is 0 Å². The van der Waals surface area contributed by atoms with Gasteiger partial charge in [-0.3, -0.25) is 10.1 Å². The molecule has 0 spiro atoms. The molecule has 0 aliphatic carbocycles. The first-order valence-electron chi connectivity index (χ1n) is 3.91. The van der Waals surface area contributed by atoms with E-state index in [2.05, 4.69) is 10.1 Å². The van der Waals surface area contributed by atoms with E-state index in [1.807, 2.05) is 22.6 Å². The molecule has 2 aromatic rings. The molecule has 0 N–H and O–H groups in total. The standard InChI is InChI=1S/C8H4IN3O3/c9-8-10-7(15-11-8)5-3-1-2-4-6(5)12(13)14/h1-4H. The molecule has 0 aliphatic heterocycles. The lowest BCUT2D eigenvalue weighted by Gasteiger charge is -1.95. The molecule has 6 nitrogen and oxygen atoms in total. The summed E-state index contributed by atoms with van der Waals surface area (Å²) in [6.45, 7) is 0. The van der Waals surface area contributed by atoms with Crippen molar-refractivity contribution < 1.29 is 9.45 Å². The van der Waals surface area contributed by atoms with Gasteiger partial charge >= 0.3 is 0 Å². The molecule has 15 heavy (non-hydrogen) atoms. The largest absolute Gasteiger partial charge is 0.333 e. The van der Waals surface area contributed by atoms with Crippen molar-refractivity contribution in [1.82, 2.24) is 10.1 Å². The quantitative estimate of drug-likeness (QED) is 0.482. The lowest BCUT2D eigenvalue weighted by atomic mass is 10.2. The summed E-state index contributed by atoms with van der Waals surface area (Å²) in [4.78, 5) is 14.2. The van der Waals surface area contributed by atoms with Crippen LogP contribution in [0.25, 0.3) is 11.5 Å². The summed E-state index contributed by atoms with van der Waals surface area (Å²) in [5.74, 6) is 0.159. The first-order chi connectivity index (χ1) is 7.18. The number of nitro groups is 1. The summed E-state index contributed by atoms with van der Waals surface area (Å²) in [5, 5.41) is 14.3. The topological polar surface area (TPSA) is 82.1 Å². The minimum atomic E-state index is -0.480. The Kier molecular flexibility index (Phi) is 2.62. The van der Waals surface area contributed by atoms with Gasteiger partial charge in [-0.15, -0.1) is 0 Å². The van der Waals surface area contributed by atoms with Crippen LogP contribution in [0.2, 0.25) is 0 Å². The van der Waals surface area contributed by atoms with Gasteiger partial charge in [-0.2, -0.15) is 4.98 Å². The van der Waals surface area contributed by atoms with Crippen molar-refractivity contribution in [1.29, 1.82) is 0 Å². The number of hydrogen-bond donors (Lipinski definition) is 0. The summed E-state index contributed by atoms with van der Waals surface area (Å²) >= 11 is 1.87. The third-order valence-electron chi connectivity index (χ3n) is 1.73. The summed E-state index contributed by atoms with van der Waals surface area (Å²) < 4.78 is 5.29. The number of nitro benzene ring substituents is 1. The molecule has 76 valence electrons. The number of para-hydroxylation sites is 1. The van der Waals surface area contributed by atoms with Crippen LogP contribution in [-0.4, -0.2) is 15.1 Å². The highest BCUT2D eigenvalue weighted by atomic mass is 127. The lowest BCUT2D eigenvalue weighted by Crippen LogP contribution is -1.91. The predicted molar refractivity (Wildman–Crippen MR) is 59.1 cm³/mol. The van der Waals surface area contributed by atoms with Gasteiger partial charge in [0.1, 0.15) is 5.56 Å². The first kappa shape index (κ1) is 10.0. The Balaban J connectivity index is 2.57. The van der Waals surface area contributed by atoms with Crippen molar-refractivity contribution in [3.63, 3.8) is 0 Å². The Morgan fingerprint density at radius 3 is 2.73 bits per heavy atom. The zero-order valence-electron chi connectivity index (χ0n) is 7.25. The lowest BCUT2D eigenvalue weighted by molar-refractivity contribution is -0.384. The summed E-state index contributed by atoms with van der Waals surface area (Å²) in [7, 11) is 0. The monoisotopic (exact) mass is 317 g/mol. The molecule has 2 rings (SSSR count). The maximum atomic E-state index is 10.7. The molecule has 1 heterocycles. The van der Waals surface area contributed by atoms with Gasteiger partial charge in [0.25, 0.3) is 11.6 Å². The van der Waals surface area contributed by atoms with Gasteiger partial charge in [-0.05, 0) is 6.07 Å². The van der Waals surface area contributed by atoms with Gasteiger partial charge in [-0.1, -0.05) is 17.3 Å². The van der Waals surface area contributed by atoms with Crippen molar-refractivity contribution in [3.8, 4) is 11.5 Å². The van der Waals surface area contributed by atoms with Gasteiger partial charge < -0.3 is 4.52 Å². The van der Waals surface area contributed by atoms with Crippen LogP contribution in [0.5, 0.6) is 0 Å². The minimum Gasteiger partial charge on any atom is -0.333 e. The van der Waals surface area contributed by atoms with E-state index in [9.17, 15) is 10.1 Å². The average molecular weight is 317 g/mol. The highest BCUT2D eigenvalue weighted by molar-refractivity contribution is 14.1. The Hall–Kier alpha value is -1.51. The number of nitrogens with zero attached hydrogens (tertiary/aromatic N) is 3. The van der Waals surface area contributed by atoms with Crippen molar-refractivity contribution in [2.75, 3.05) is 0 Å². The Labute approximate surface area is 97.6 Å². The van der Waals surface area contributed by atoms with Crippen LogP contribution in [0, 0.1) is 13.9 Å². The summed E-state index contributed by atoms with van der Waals surface area (Å²) in [6.07, 6.45) is 0. The molecular formula is C8H4IN3O3. The normalized spacial score (nSPS) is 10.2. The van der Waals surface area contributed by atoms with E-state index in [1.54, 1.807) is 18.2 Å². The predicted octanol–water partition coefficient (Wildman–Crippen LogP) is 2.25. The fourth-order valence-electron chi connectivity index (χ4n) is 1.13. The van der Waals surface area contributed by atoms with E-state index in [-0.39, 0.29) is 11.6 Å². The molecule has 0 saturated carbocycles. The maximum Gasteiger partial charge on any atom is 0.282 e. The number of hydrogen-bond acceptors (Lipinski definition) is 5. The zero-order valence-corrected chi connectivity index (χ0v) is 9.41. The Morgan fingerprint density at radius 2 is 2.13 bits per heavy atom. The molecule has 0 amide bonds. The van der Waals surface area contributed by atoms with Crippen LogP contribution >= 0.6 is 22.6 Å². The van der Waals surface area contributed by atoms with Crippen LogP contribution < -0.4 is 0 Å². The maximum absolute atomic E-state index is 10.7. The van der Waals surface area contributed by atoms with Gasteiger partial charge in [0, 0.05) is 28.7 Å². The molecule has 0 bridgehead atoms. The molecule has 0 fully saturated rings. The number of rotatable bonds is 2. The second-order valence-corrected chi connectivity index (χ2v) is 3.61. The molecular weight excluding hydrogens is 313 g/mol. The third-order valence-corrected chi connectivity index (χ3v) is 2.17. The van der Waals surface area contributed by atoms with Crippen molar-refractivity contribution in [2.45, 2.75) is 0 Å². The number of halogens is 1. The second-order valence-electron chi connectivity index (χ2n) is 2.64. The first-order valence-corrected chi connectivity index (χ1v) is 4.99. The average Bonchev–Trinajstić information content (AvgIpc) is 2.65. The summed E-state index contributed by atoms with van der Waals surface area (Å²) in [5.41, 5.74) is 0.287. The smallest absolute Gasteiger partial charge is 0.282 e. The Bertz CT molecular complexity index is 511. The molecule has 0 saturated heterocycles. The van der Waals surface area contributed by atoms with Crippen molar-refractivity contribution in [3.05, 3.63) is 38.2 Å². The molecule has 0 aliphatic rings. The second kappa shape index (κ2) is 3.93. The van der Waals surface area contributed by atoms with Crippen LogP contribution in [0.4, 0.5) is 5.69 Å². The molecule has 7 heteroatoms. The minimum absolute atomic E-state index is 0.0439. The van der Waals surface area contributed by atoms with E-state index in [0.717, 1.165) is 0 Å². The van der Waals surface area contributed by atoms with Gasteiger partial charge in [0.15, 0.2) is 0 Å². The fraction of sp³-hybridized carbons (Fsp3) is 0. The number of benzene rings is 1. The summed E-state index contributed by atoms with van der Waals surface area (Å²) in [6, 6.07) is 6.23. The van der Waals surface area contributed by atoms with Gasteiger partial charge in [0.05, 0.1) is 4.92 Å². The van der Waals surface area contributed by atoms with Gasteiger partial charge in [-0.25, -0.2) is 0 Å². The number of aromatic nitrogens is 2. The molecule has 0 atom stereocenters. The van der Waals surface area contributed by atoms with Crippen LogP contribution in [0.15, 0.2) is 28.8 Å². The van der Waals surface area contributed by atoms with Crippen molar-refractivity contribution >= 4 is 28.3 Å². The van der Waals surface area contributed by atoms with Crippen LogP contribution in [-0.2, 0) is 0 Å². The molecule has 1 aromatic heterocycles. The molecule has 0 unspecified atom stereocenters. The highest BCUT2D eigenvalue weighted by Crippen LogP contribution is 2.27. The molecule has 0 radical (unpaired) electrons. The fourth-order valence-corrected chi connectivity index (χ4v) is 1.45. The van der Waals surface area contributed by atoms with Crippen LogP contribution in [0.3, 0.4) is 0 Å². The van der Waals surface area contributed by atoms with Crippen LogP contribution in [0.1, 0.15) is 0 Å². The highest BCUT2D eigenvalue weighted by Gasteiger charge is 2.18. The van der Waals surface area contributed by atoms with E-state index in [0.29, 0.717) is 9.39 Å². The van der Waals surface area contributed by atoms with E-state index in [4.69, 9.17) is 4.52 Å². The zero-order chi connectivity index (χ0) is 10.8. The van der Waals surface area contributed by atoms with E-state index < -0.39 is 4.92 Å². The van der Waals surface area contributed by atoms with E-state index in [1.165, 1.54) is 6.07 Å².